The maximum atomic E-state index is 12.2. The minimum absolute atomic E-state index is 0.129. The first kappa shape index (κ1) is 18.4. The molecule has 1 aliphatic rings. The summed E-state index contributed by atoms with van der Waals surface area (Å²) in [5, 5.41) is 26.3. The first-order chi connectivity index (χ1) is 13.9. The molecule has 1 amide bonds. The molecule has 0 unspecified atom stereocenters. The van der Waals surface area contributed by atoms with E-state index in [0.717, 1.165) is 11.3 Å². The predicted octanol–water partition coefficient (Wildman–Crippen LogP) is 2.30. The highest BCUT2D eigenvalue weighted by molar-refractivity contribution is 7.11. The van der Waals surface area contributed by atoms with E-state index in [1.807, 2.05) is 0 Å². The SMILES string of the molecule is CC(=O)c1nn(-c2cccc([N+](=O)[O-])c2)/c(=N\N=C2/C(=O)Nc3ccccc32)s1. The second-order valence-corrected chi connectivity index (χ2v) is 6.94. The number of rotatable bonds is 4. The Kier molecular flexibility index (Phi) is 4.56. The largest absolute Gasteiger partial charge is 0.320 e. The summed E-state index contributed by atoms with van der Waals surface area (Å²) in [6, 6.07) is 12.8. The van der Waals surface area contributed by atoms with Crippen molar-refractivity contribution in [1.29, 1.82) is 0 Å². The number of non-ortho nitro benzene ring substituents is 1. The van der Waals surface area contributed by atoms with Crippen LogP contribution in [0.5, 0.6) is 0 Å². The van der Waals surface area contributed by atoms with E-state index in [4.69, 9.17) is 0 Å². The summed E-state index contributed by atoms with van der Waals surface area (Å²) in [6.07, 6.45) is 0. The normalized spacial score (nSPS) is 14.7. The summed E-state index contributed by atoms with van der Waals surface area (Å²) < 4.78 is 1.29. The Morgan fingerprint density at radius 2 is 2.00 bits per heavy atom. The van der Waals surface area contributed by atoms with Gasteiger partial charge in [0.05, 0.1) is 16.3 Å². The Morgan fingerprint density at radius 1 is 1.21 bits per heavy atom. The van der Waals surface area contributed by atoms with Gasteiger partial charge in [-0.3, -0.25) is 19.7 Å². The number of ketones is 1. The van der Waals surface area contributed by atoms with E-state index >= 15 is 0 Å². The Labute approximate surface area is 167 Å². The maximum absolute atomic E-state index is 12.2. The highest BCUT2D eigenvalue weighted by Crippen LogP contribution is 2.22. The van der Waals surface area contributed by atoms with Crippen LogP contribution in [0.1, 0.15) is 22.3 Å². The van der Waals surface area contributed by atoms with E-state index in [-0.39, 0.29) is 27.0 Å². The lowest BCUT2D eigenvalue weighted by molar-refractivity contribution is -0.384. The van der Waals surface area contributed by atoms with Crippen molar-refractivity contribution in [1.82, 2.24) is 9.78 Å². The van der Waals surface area contributed by atoms with Gasteiger partial charge in [0.1, 0.15) is 0 Å². The van der Waals surface area contributed by atoms with Gasteiger partial charge in [0.2, 0.25) is 4.80 Å². The number of Topliss-reactive ketones (excluding diaryl/α,β-unsaturated/α-hetero) is 1. The molecule has 4 rings (SSSR count). The molecule has 0 bridgehead atoms. The molecule has 0 aliphatic carbocycles. The highest BCUT2D eigenvalue weighted by atomic mass is 32.1. The first-order valence-corrected chi connectivity index (χ1v) is 9.14. The predicted molar refractivity (Wildman–Crippen MR) is 105 cm³/mol. The van der Waals surface area contributed by atoms with Gasteiger partial charge in [-0.15, -0.1) is 10.2 Å². The molecule has 0 spiro atoms. The molecular formula is C18H12N6O4S. The highest BCUT2D eigenvalue weighted by Gasteiger charge is 2.25. The Hall–Kier alpha value is -3.99. The molecule has 0 radical (unpaired) electrons. The van der Waals surface area contributed by atoms with E-state index in [1.54, 1.807) is 30.3 Å². The molecule has 0 saturated carbocycles. The van der Waals surface area contributed by atoms with Crippen molar-refractivity contribution >= 4 is 40.1 Å². The van der Waals surface area contributed by atoms with Crippen LogP contribution in [-0.4, -0.2) is 32.1 Å². The summed E-state index contributed by atoms with van der Waals surface area (Å²) in [5.74, 6) is -0.680. The number of amides is 1. The van der Waals surface area contributed by atoms with E-state index in [0.29, 0.717) is 16.9 Å². The number of anilines is 1. The van der Waals surface area contributed by atoms with Crippen molar-refractivity contribution in [3.05, 3.63) is 74.0 Å². The fourth-order valence-electron chi connectivity index (χ4n) is 2.69. The van der Waals surface area contributed by atoms with Gasteiger partial charge in [-0.2, -0.15) is 5.10 Å². The molecule has 0 saturated heterocycles. The van der Waals surface area contributed by atoms with Gasteiger partial charge >= 0.3 is 0 Å². The Balaban J connectivity index is 1.86. The standard InChI is InChI=1S/C18H12N6O4S/c1-10(25)17-22-23(11-5-4-6-12(9-11)24(27)28)18(29-17)21-20-15-13-7-2-3-8-14(13)19-16(15)26/h2-9H,1H3,(H,19,20,26)/b21-18+. The van der Waals surface area contributed by atoms with E-state index in [9.17, 15) is 19.7 Å². The monoisotopic (exact) mass is 408 g/mol. The van der Waals surface area contributed by atoms with Crippen molar-refractivity contribution in [2.75, 3.05) is 5.32 Å². The molecule has 0 fully saturated rings. The second-order valence-electron chi connectivity index (χ2n) is 5.98. The molecule has 2 heterocycles. The average Bonchev–Trinajstić information content (AvgIpc) is 3.27. The molecule has 11 heteroatoms. The quantitative estimate of drug-likeness (QED) is 0.402. The number of aromatic nitrogens is 2. The number of nitrogens with one attached hydrogen (secondary N) is 1. The number of carbonyl (C=O) groups excluding carboxylic acids is 2. The van der Waals surface area contributed by atoms with Crippen LogP contribution in [0, 0.1) is 10.1 Å². The molecule has 1 N–H and O–H groups in total. The smallest absolute Gasteiger partial charge is 0.276 e. The van der Waals surface area contributed by atoms with Gasteiger partial charge in [0, 0.05) is 24.6 Å². The van der Waals surface area contributed by atoms with E-state index in [1.165, 1.54) is 29.8 Å². The number of nitro benzene ring substituents is 1. The van der Waals surface area contributed by atoms with E-state index in [2.05, 4.69) is 20.6 Å². The van der Waals surface area contributed by atoms with Crippen molar-refractivity contribution < 1.29 is 14.5 Å². The van der Waals surface area contributed by atoms with Gasteiger partial charge in [-0.1, -0.05) is 35.6 Å². The number of benzene rings is 2. The van der Waals surface area contributed by atoms with E-state index < -0.39 is 10.8 Å². The summed E-state index contributed by atoms with van der Waals surface area (Å²) in [7, 11) is 0. The summed E-state index contributed by atoms with van der Waals surface area (Å²) in [4.78, 5) is 34.7. The maximum Gasteiger partial charge on any atom is 0.276 e. The summed E-state index contributed by atoms with van der Waals surface area (Å²) in [5.41, 5.74) is 1.59. The number of carbonyl (C=O) groups is 2. The zero-order valence-electron chi connectivity index (χ0n) is 14.9. The zero-order valence-corrected chi connectivity index (χ0v) is 15.7. The fraction of sp³-hybridized carbons (Fsp3) is 0.0556. The van der Waals surface area contributed by atoms with Crippen LogP contribution in [0.25, 0.3) is 5.69 Å². The van der Waals surface area contributed by atoms with Gasteiger partial charge in [0.25, 0.3) is 11.6 Å². The zero-order chi connectivity index (χ0) is 20.5. The van der Waals surface area contributed by atoms with Crippen molar-refractivity contribution in [2.45, 2.75) is 6.92 Å². The van der Waals surface area contributed by atoms with Gasteiger partial charge in [-0.05, 0) is 12.1 Å². The lowest BCUT2D eigenvalue weighted by Gasteiger charge is -2.00. The Morgan fingerprint density at radius 3 is 2.76 bits per heavy atom. The number of hydrogen-bond donors (Lipinski definition) is 1. The van der Waals surface area contributed by atoms with Crippen molar-refractivity contribution in [2.24, 2.45) is 10.2 Å². The lowest BCUT2D eigenvalue weighted by atomic mass is 10.1. The Bertz CT molecular complexity index is 1270. The van der Waals surface area contributed by atoms with Crippen LogP contribution >= 0.6 is 11.3 Å². The van der Waals surface area contributed by atoms with Crippen LogP contribution in [0.2, 0.25) is 0 Å². The molecule has 2 aromatic carbocycles. The first-order valence-electron chi connectivity index (χ1n) is 8.32. The molecule has 1 aromatic heterocycles. The molecule has 10 nitrogen and oxygen atoms in total. The molecule has 3 aromatic rings. The van der Waals surface area contributed by atoms with Crippen LogP contribution < -0.4 is 10.1 Å². The molecule has 144 valence electrons. The minimum atomic E-state index is -0.529. The van der Waals surface area contributed by atoms with Crippen LogP contribution in [-0.2, 0) is 4.79 Å². The number of fused-ring (bicyclic) bond motifs is 1. The topological polar surface area (TPSA) is 132 Å². The average molecular weight is 408 g/mol. The third-order valence-corrected chi connectivity index (χ3v) is 5.03. The van der Waals surface area contributed by atoms with Crippen LogP contribution in [0.4, 0.5) is 11.4 Å². The van der Waals surface area contributed by atoms with Gasteiger partial charge in [-0.25, -0.2) is 4.68 Å². The second kappa shape index (κ2) is 7.20. The van der Waals surface area contributed by atoms with Crippen LogP contribution in [0.3, 0.4) is 0 Å². The number of para-hydroxylation sites is 1. The van der Waals surface area contributed by atoms with Gasteiger partial charge in [0.15, 0.2) is 16.5 Å². The minimum Gasteiger partial charge on any atom is -0.320 e. The molecule has 0 atom stereocenters. The molecule has 29 heavy (non-hydrogen) atoms. The third-order valence-electron chi connectivity index (χ3n) is 4.03. The number of hydrogen-bond acceptors (Lipinski definition) is 8. The fourth-order valence-corrected chi connectivity index (χ4v) is 3.44. The summed E-state index contributed by atoms with van der Waals surface area (Å²) >= 11 is 0.970. The molecule has 1 aliphatic heterocycles. The summed E-state index contributed by atoms with van der Waals surface area (Å²) in [6.45, 7) is 1.35. The number of nitro groups is 1. The van der Waals surface area contributed by atoms with Crippen LogP contribution in [0.15, 0.2) is 58.7 Å². The lowest BCUT2D eigenvalue weighted by Crippen LogP contribution is -2.17. The number of nitrogens with zero attached hydrogens (tertiary/aromatic N) is 5. The van der Waals surface area contributed by atoms with Gasteiger partial charge < -0.3 is 5.32 Å². The van der Waals surface area contributed by atoms with Crippen molar-refractivity contribution in [3.63, 3.8) is 0 Å². The molecular weight excluding hydrogens is 396 g/mol. The third kappa shape index (κ3) is 3.46. The van der Waals surface area contributed by atoms with Crippen molar-refractivity contribution in [3.8, 4) is 5.69 Å².